The average Bonchev–Trinajstić information content (AvgIpc) is 2.54. The van der Waals surface area contributed by atoms with Crippen LogP contribution in [0.3, 0.4) is 0 Å². The minimum absolute atomic E-state index is 0.147. The molecule has 0 spiro atoms. The van der Waals surface area contributed by atoms with Gasteiger partial charge in [-0.1, -0.05) is 60.7 Å². The highest BCUT2D eigenvalue weighted by Crippen LogP contribution is 2.11. The number of aryl methyl sites for hydroxylation is 1. The zero-order chi connectivity index (χ0) is 15.8. The molecule has 0 aliphatic rings. The van der Waals surface area contributed by atoms with E-state index in [0.717, 1.165) is 19.3 Å². The summed E-state index contributed by atoms with van der Waals surface area (Å²) in [7, 11) is 0. The largest absolute Gasteiger partial charge is 0.480 e. The number of rotatable bonds is 8. The normalized spacial score (nSPS) is 13.5. The number of aliphatic carboxylic acids is 1. The molecule has 0 aromatic heterocycles. The molecule has 0 radical (unpaired) electrons. The second-order valence-corrected chi connectivity index (χ2v) is 5.64. The SMILES string of the molecule is C[C@H](NC(CCc1ccccc1)Cc1ccccc1)C(=O)O. The van der Waals surface area contributed by atoms with Gasteiger partial charge in [-0.05, 0) is 37.3 Å². The minimum Gasteiger partial charge on any atom is -0.480 e. The Morgan fingerprint density at radius 3 is 2.09 bits per heavy atom. The Bertz CT molecular complexity index is 569. The second-order valence-electron chi connectivity index (χ2n) is 5.64. The van der Waals surface area contributed by atoms with Gasteiger partial charge in [0.2, 0.25) is 0 Å². The first-order valence-corrected chi connectivity index (χ1v) is 7.72. The van der Waals surface area contributed by atoms with Crippen LogP contribution in [0.1, 0.15) is 24.5 Å². The van der Waals surface area contributed by atoms with Crippen molar-refractivity contribution in [3.05, 3.63) is 71.8 Å². The third kappa shape index (κ3) is 5.34. The van der Waals surface area contributed by atoms with Gasteiger partial charge in [0, 0.05) is 6.04 Å². The van der Waals surface area contributed by atoms with Crippen LogP contribution < -0.4 is 5.32 Å². The van der Waals surface area contributed by atoms with Gasteiger partial charge >= 0.3 is 5.97 Å². The lowest BCUT2D eigenvalue weighted by molar-refractivity contribution is -0.139. The van der Waals surface area contributed by atoms with Crippen molar-refractivity contribution in [3.63, 3.8) is 0 Å². The summed E-state index contributed by atoms with van der Waals surface area (Å²) in [6.07, 6.45) is 2.69. The molecular formula is C19H23NO2. The maximum absolute atomic E-state index is 11.1. The molecule has 0 fully saturated rings. The van der Waals surface area contributed by atoms with Crippen LogP contribution in [-0.4, -0.2) is 23.2 Å². The van der Waals surface area contributed by atoms with Crippen LogP contribution in [0.15, 0.2) is 60.7 Å². The van der Waals surface area contributed by atoms with Gasteiger partial charge in [-0.25, -0.2) is 0 Å². The van der Waals surface area contributed by atoms with Gasteiger partial charge in [0.15, 0.2) is 0 Å². The molecule has 3 nitrogen and oxygen atoms in total. The Balaban J connectivity index is 1.99. The number of hydrogen-bond acceptors (Lipinski definition) is 2. The van der Waals surface area contributed by atoms with Crippen LogP contribution in [0.25, 0.3) is 0 Å². The molecule has 22 heavy (non-hydrogen) atoms. The Kier molecular flexibility index (Phi) is 6.16. The van der Waals surface area contributed by atoms with Crippen molar-refractivity contribution in [3.8, 4) is 0 Å². The molecular weight excluding hydrogens is 274 g/mol. The third-order valence-electron chi connectivity index (χ3n) is 3.81. The van der Waals surface area contributed by atoms with E-state index in [9.17, 15) is 4.79 Å². The zero-order valence-corrected chi connectivity index (χ0v) is 12.9. The van der Waals surface area contributed by atoms with Gasteiger partial charge in [-0.15, -0.1) is 0 Å². The maximum atomic E-state index is 11.1. The van der Waals surface area contributed by atoms with Crippen molar-refractivity contribution in [1.29, 1.82) is 0 Å². The summed E-state index contributed by atoms with van der Waals surface area (Å²) in [5.41, 5.74) is 2.51. The van der Waals surface area contributed by atoms with Crippen LogP contribution in [0.2, 0.25) is 0 Å². The molecule has 0 bridgehead atoms. The van der Waals surface area contributed by atoms with Crippen LogP contribution in [0.4, 0.5) is 0 Å². The summed E-state index contributed by atoms with van der Waals surface area (Å²) in [6, 6.07) is 20.1. The fourth-order valence-corrected chi connectivity index (χ4v) is 2.55. The fraction of sp³-hybridized carbons (Fsp3) is 0.316. The van der Waals surface area contributed by atoms with Crippen molar-refractivity contribution in [2.24, 2.45) is 0 Å². The first kappa shape index (κ1) is 16.2. The number of hydrogen-bond donors (Lipinski definition) is 2. The van der Waals surface area contributed by atoms with Gasteiger partial charge in [-0.2, -0.15) is 0 Å². The van der Waals surface area contributed by atoms with Crippen molar-refractivity contribution in [1.82, 2.24) is 5.32 Å². The van der Waals surface area contributed by atoms with Crippen molar-refractivity contribution >= 4 is 5.97 Å². The van der Waals surface area contributed by atoms with E-state index in [1.165, 1.54) is 11.1 Å². The molecule has 1 unspecified atom stereocenters. The van der Waals surface area contributed by atoms with Gasteiger partial charge in [0.05, 0.1) is 0 Å². The van der Waals surface area contributed by atoms with E-state index in [2.05, 4.69) is 29.6 Å². The standard InChI is InChI=1S/C19H23NO2/c1-15(19(21)22)20-18(14-17-10-6-3-7-11-17)13-12-16-8-4-2-5-9-16/h2-11,15,18,20H,12-14H2,1H3,(H,21,22)/t15-,18?/m0/s1. The highest BCUT2D eigenvalue weighted by Gasteiger charge is 2.17. The van der Waals surface area contributed by atoms with E-state index in [-0.39, 0.29) is 6.04 Å². The fourth-order valence-electron chi connectivity index (χ4n) is 2.55. The van der Waals surface area contributed by atoms with Gasteiger partial charge in [0.25, 0.3) is 0 Å². The monoisotopic (exact) mass is 297 g/mol. The first-order valence-electron chi connectivity index (χ1n) is 7.72. The molecule has 0 aliphatic carbocycles. The Labute approximate surface area is 132 Å². The highest BCUT2D eigenvalue weighted by atomic mass is 16.4. The van der Waals surface area contributed by atoms with Crippen molar-refractivity contribution in [2.45, 2.75) is 38.3 Å². The molecule has 2 atom stereocenters. The maximum Gasteiger partial charge on any atom is 0.320 e. The van der Waals surface area contributed by atoms with Crippen molar-refractivity contribution in [2.75, 3.05) is 0 Å². The van der Waals surface area contributed by atoms with E-state index < -0.39 is 12.0 Å². The van der Waals surface area contributed by atoms with E-state index in [4.69, 9.17) is 5.11 Å². The second kappa shape index (κ2) is 8.35. The van der Waals surface area contributed by atoms with Crippen LogP contribution in [-0.2, 0) is 17.6 Å². The van der Waals surface area contributed by atoms with E-state index >= 15 is 0 Å². The quantitative estimate of drug-likeness (QED) is 0.786. The summed E-state index contributed by atoms with van der Waals surface area (Å²) in [4.78, 5) is 11.1. The smallest absolute Gasteiger partial charge is 0.320 e. The molecule has 0 saturated heterocycles. The molecule has 0 aliphatic heterocycles. The van der Waals surface area contributed by atoms with Gasteiger partial charge < -0.3 is 10.4 Å². The highest BCUT2D eigenvalue weighted by molar-refractivity contribution is 5.72. The molecule has 2 aromatic rings. The Hall–Kier alpha value is -2.13. The Morgan fingerprint density at radius 1 is 1.00 bits per heavy atom. The first-order chi connectivity index (χ1) is 10.6. The van der Waals surface area contributed by atoms with Gasteiger partial charge in [-0.3, -0.25) is 4.79 Å². The summed E-state index contributed by atoms with van der Waals surface area (Å²) < 4.78 is 0. The van der Waals surface area contributed by atoms with E-state index in [1.54, 1.807) is 6.92 Å². The minimum atomic E-state index is -0.808. The molecule has 116 valence electrons. The summed E-state index contributed by atoms with van der Waals surface area (Å²) in [6.45, 7) is 1.70. The van der Waals surface area contributed by atoms with Crippen LogP contribution in [0.5, 0.6) is 0 Å². The molecule has 2 rings (SSSR count). The summed E-state index contributed by atoms with van der Waals surface area (Å²) >= 11 is 0. The molecule has 0 heterocycles. The summed E-state index contributed by atoms with van der Waals surface area (Å²) in [5, 5.41) is 12.4. The van der Waals surface area contributed by atoms with E-state index in [0.29, 0.717) is 0 Å². The van der Waals surface area contributed by atoms with Crippen LogP contribution in [0, 0.1) is 0 Å². The number of carboxylic acid groups (broad SMARTS) is 1. The lowest BCUT2D eigenvalue weighted by Gasteiger charge is -2.21. The molecule has 3 heteroatoms. The topological polar surface area (TPSA) is 49.3 Å². The molecule has 2 N–H and O–H groups in total. The van der Waals surface area contributed by atoms with Gasteiger partial charge in [0.1, 0.15) is 6.04 Å². The molecule has 0 amide bonds. The Morgan fingerprint density at radius 2 is 1.55 bits per heavy atom. The zero-order valence-electron chi connectivity index (χ0n) is 12.9. The van der Waals surface area contributed by atoms with E-state index in [1.807, 2.05) is 36.4 Å². The lowest BCUT2D eigenvalue weighted by Crippen LogP contribution is -2.42. The lowest BCUT2D eigenvalue weighted by atomic mass is 9.98. The summed E-state index contributed by atoms with van der Waals surface area (Å²) in [5.74, 6) is -0.808. The third-order valence-corrected chi connectivity index (χ3v) is 3.81. The number of carboxylic acids is 1. The predicted molar refractivity (Wildman–Crippen MR) is 88.9 cm³/mol. The van der Waals surface area contributed by atoms with Crippen molar-refractivity contribution < 1.29 is 9.90 Å². The predicted octanol–water partition coefficient (Wildman–Crippen LogP) is 3.29. The average molecular weight is 297 g/mol. The molecule has 2 aromatic carbocycles. The number of benzene rings is 2. The number of carbonyl (C=O) groups is 1. The molecule has 0 saturated carbocycles. The van der Waals surface area contributed by atoms with Crippen LogP contribution >= 0.6 is 0 Å². The number of nitrogens with one attached hydrogen (secondary N) is 1.